The SMILES string of the molecule is Cc1ccc(C#N)c(=O)n1CCC(=O)N(C)C. The highest BCUT2D eigenvalue weighted by molar-refractivity contribution is 5.75. The minimum absolute atomic E-state index is 0.0429. The topological polar surface area (TPSA) is 66.1 Å². The van der Waals surface area contributed by atoms with Crippen molar-refractivity contribution in [2.24, 2.45) is 0 Å². The summed E-state index contributed by atoms with van der Waals surface area (Å²) in [4.78, 5) is 24.7. The Balaban J connectivity index is 2.96. The molecule has 90 valence electrons. The summed E-state index contributed by atoms with van der Waals surface area (Å²) < 4.78 is 1.46. The van der Waals surface area contributed by atoms with Gasteiger partial charge in [0.25, 0.3) is 5.56 Å². The Labute approximate surface area is 99.9 Å². The number of hydrogen-bond donors (Lipinski definition) is 0. The molecule has 0 atom stereocenters. The van der Waals surface area contributed by atoms with Crippen molar-refractivity contribution in [1.82, 2.24) is 9.47 Å². The number of nitriles is 1. The van der Waals surface area contributed by atoms with Crippen LogP contribution in [0.15, 0.2) is 16.9 Å². The first-order valence-corrected chi connectivity index (χ1v) is 5.28. The lowest BCUT2D eigenvalue weighted by atomic mass is 10.2. The highest BCUT2D eigenvalue weighted by atomic mass is 16.2. The zero-order valence-electron chi connectivity index (χ0n) is 10.2. The molecule has 17 heavy (non-hydrogen) atoms. The van der Waals surface area contributed by atoms with Gasteiger partial charge in [0.05, 0.1) is 0 Å². The number of aryl methyl sites for hydroxylation is 1. The van der Waals surface area contributed by atoms with Gasteiger partial charge in [-0.3, -0.25) is 9.59 Å². The minimum atomic E-state index is -0.334. The molecule has 1 rings (SSSR count). The van der Waals surface area contributed by atoms with Crippen LogP contribution in [0, 0.1) is 18.3 Å². The third-order valence-corrected chi connectivity index (χ3v) is 2.56. The Morgan fingerprint density at radius 3 is 2.65 bits per heavy atom. The van der Waals surface area contributed by atoms with E-state index in [1.54, 1.807) is 27.1 Å². The Hall–Kier alpha value is -2.09. The van der Waals surface area contributed by atoms with E-state index in [1.807, 2.05) is 6.07 Å². The predicted octanol–water partition coefficient (Wildman–Crippen LogP) is 0.507. The number of amides is 1. The van der Waals surface area contributed by atoms with E-state index >= 15 is 0 Å². The molecule has 0 aliphatic carbocycles. The average molecular weight is 233 g/mol. The van der Waals surface area contributed by atoms with E-state index in [2.05, 4.69) is 0 Å². The number of rotatable bonds is 3. The zero-order valence-corrected chi connectivity index (χ0v) is 10.2. The molecule has 1 heterocycles. The molecule has 0 aliphatic heterocycles. The Morgan fingerprint density at radius 1 is 1.47 bits per heavy atom. The fraction of sp³-hybridized carbons (Fsp3) is 0.417. The van der Waals surface area contributed by atoms with Gasteiger partial charge in [-0.25, -0.2) is 0 Å². The van der Waals surface area contributed by atoms with E-state index in [0.717, 1.165) is 5.69 Å². The first-order valence-electron chi connectivity index (χ1n) is 5.28. The lowest BCUT2D eigenvalue weighted by molar-refractivity contribution is -0.128. The highest BCUT2D eigenvalue weighted by Crippen LogP contribution is 2.00. The molecule has 5 nitrogen and oxygen atoms in total. The number of hydrogen-bond acceptors (Lipinski definition) is 3. The van der Waals surface area contributed by atoms with Crippen LogP contribution in [0.25, 0.3) is 0 Å². The van der Waals surface area contributed by atoms with Crippen LogP contribution in [-0.4, -0.2) is 29.5 Å². The van der Waals surface area contributed by atoms with Crippen LogP contribution in [0.4, 0.5) is 0 Å². The summed E-state index contributed by atoms with van der Waals surface area (Å²) in [6.45, 7) is 2.08. The average Bonchev–Trinajstić information content (AvgIpc) is 2.28. The second kappa shape index (κ2) is 5.30. The van der Waals surface area contributed by atoms with Crippen molar-refractivity contribution in [2.75, 3.05) is 14.1 Å². The molecule has 0 fully saturated rings. The maximum Gasteiger partial charge on any atom is 0.268 e. The number of carbonyl (C=O) groups excluding carboxylic acids is 1. The van der Waals surface area contributed by atoms with Gasteiger partial charge in [-0.15, -0.1) is 0 Å². The monoisotopic (exact) mass is 233 g/mol. The summed E-state index contributed by atoms with van der Waals surface area (Å²) in [7, 11) is 3.34. The highest BCUT2D eigenvalue weighted by Gasteiger charge is 2.09. The van der Waals surface area contributed by atoms with Gasteiger partial charge in [0, 0.05) is 32.8 Å². The Kier molecular flexibility index (Phi) is 4.05. The molecule has 1 aromatic heterocycles. The van der Waals surface area contributed by atoms with Crippen molar-refractivity contribution < 1.29 is 4.79 Å². The van der Waals surface area contributed by atoms with Gasteiger partial charge >= 0.3 is 0 Å². The third kappa shape index (κ3) is 2.94. The number of carbonyl (C=O) groups is 1. The van der Waals surface area contributed by atoms with Gasteiger partial charge in [-0.2, -0.15) is 5.26 Å². The van der Waals surface area contributed by atoms with Crippen LogP contribution in [0.5, 0.6) is 0 Å². The lowest BCUT2D eigenvalue weighted by Gasteiger charge is -2.13. The minimum Gasteiger partial charge on any atom is -0.349 e. The molecule has 5 heteroatoms. The fourth-order valence-electron chi connectivity index (χ4n) is 1.46. The van der Waals surface area contributed by atoms with Crippen molar-refractivity contribution in [3.8, 4) is 6.07 Å². The first kappa shape index (κ1) is 13.0. The second-order valence-electron chi connectivity index (χ2n) is 4.00. The molecule has 0 saturated heterocycles. The van der Waals surface area contributed by atoms with Crippen molar-refractivity contribution in [2.45, 2.75) is 19.9 Å². The van der Waals surface area contributed by atoms with Crippen LogP contribution >= 0.6 is 0 Å². The molecule has 0 aliphatic rings. The molecule has 0 saturated carbocycles. The first-order chi connectivity index (χ1) is 7.97. The van der Waals surface area contributed by atoms with Crippen molar-refractivity contribution >= 4 is 5.91 Å². The molecule has 1 amide bonds. The summed E-state index contributed by atoms with van der Waals surface area (Å²) in [6, 6.07) is 5.05. The molecular weight excluding hydrogens is 218 g/mol. The normalized spacial score (nSPS) is 9.76. The fourth-order valence-corrected chi connectivity index (χ4v) is 1.46. The quantitative estimate of drug-likeness (QED) is 0.763. The van der Waals surface area contributed by atoms with E-state index in [9.17, 15) is 9.59 Å². The van der Waals surface area contributed by atoms with E-state index in [0.29, 0.717) is 6.54 Å². The van der Waals surface area contributed by atoms with Crippen LogP contribution in [0.1, 0.15) is 17.7 Å². The zero-order chi connectivity index (χ0) is 13.0. The molecule has 0 N–H and O–H groups in total. The van der Waals surface area contributed by atoms with E-state index in [-0.39, 0.29) is 23.5 Å². The lowest BCUT2D eigenvalue weighted by Crippen LogP contribution is -2.28. The molecular formula is C12H15N3O2. The molecule has 0 bridgehead atoms. The van der Waals surface area contributed by atoms with Crippen LogP contribution < -0.4 is 5.56 Å². The molecule has 0 unspecified atom stereocenters. The summed E-state index contributed by atoms with van der Waals surface area (Å²) in [5.41, 5.74) is 0.521. The van der Waals surface area contributed by atoms with Gasteiger partial charge in [-0.05, 0) is 19.1 Å². The van der Waals surface area contributed by atoms with Crippen molar-refractivity contribution in [3.63, 3.8) is 0 Å². The summed E-state index contributed by atoms with van der Waals surface area (Å²) in [5, 5.41) is 8.76. The van der Waals surface area contributed by atoms with Gasteiger partial charge in [0.15, 0.2) is 0 Å². The van der Waals surface area contributed by atoms with Crippen LogP contribution in [-0.2, 0) is 11.3 Å². The van der Waals surface area contributed by atoms with Crippen molar-refractivity contribution in [3.05, 3.63) is 33.7 Å². The maximum atomic E-state index is 11.8. The van der Waals surface area contributed by atoms with Gasteiger partial charge in [-0.1, -0.05) is 0 Å². The predicted molar refractivity (Wildman–Crippen MR) is 63.5 cm³/mol. The third-order valence-electron chi connectivity index (χ3n) is 2.56. The smallest absolute Gasteiger partial charge is 0.268 e. The standard InChI is InChI=1S/C12H15N3O2/c1-9-4-5-10(8-13)12(17)15(9)7-6-11(16)14(2)3/h4-5H,6-7H2,1-3H3. The van der Waals surface area contributed by atoms with Crippen LogP contribution in [0.3, 0.4) is 0 Å². The Morgan fingerprint density at radius 2 is 2.12 bits per heavy atom. The van der Waals surface area contributed by atoms with E-state index in [4.69, 9.17) is 5.26 Å². The second-order valence-corrected chi connectivity index (χ2v) is 4.00. The molecule has 0 aromatic carbocycles. The summed E-state index contributed by atoms with van der Waals surface area (Å²) >= 11 is 0. The van der Waals surface area contributed by atoms with E-state index < -0.39 is 0 Å². The summed E-state index contributed by atoms with van der Waals surface area (Å²) in [5.74, 6) is -0.0429. The number of nitrogens with zero attached hydrogens (tertiary/aromatic N) is 3. The van der Waals surface area contributed by atoms with Gasteiger partial charge < -0.3 is 9.47 Å². The van der Waals surface area contributed by atoms with E-state index in [1.165, 1.54) is 15.5 Å². The number of aromatic nitrogens is 1. The molecule has 0 radical (unpaired) electrons. The van der Waals surface area contributed by atoms with Crippen LogP contribution in [0.2, 0.25) is 0 Å². The Bertz CT molecular complexity index is 524. The largest absolute Gasteiger partial charge is 0.349 e. The molecule has 1 aromatic rings. The summed E-state index contributed by atoms with van der Waals surface area (Å²) in [6.07, 6.45) is 0.253. The number of pyridine rings is 1. The maximum absolute atomic E-state index is 11.8. The molecule has 0 spiro atoms. The van der Waals surface area contributed by atoms with Gasteiger partial charge in [0.1, 0.15) is 11.6 Å². The van der Waals surface area contributed by atoms with Gasteiger partial charge in [0.2, 0.25) is 5.91 Å². The van der Waals surface area contributed by atoms with Crippen molar-refractivity contribution in [1.29, 1.82) is 5.26 Å².